The third-order valence-corrected chi connectivity index (χ3v) is 4.07. The lowest BCUT2D eigenvalue weighted by Gasteiger charge is -2.15. The van der Waals surface area contributed by atoms with E-state index < -0.39 is 0 Å². The average molecular weight is 320 g/mol. The predicted molar refractivity (Wildman–Crippen MR) is 82.2 cm³/mol. The first-order chi connectivity index (χ1) is 9.06. The first kappa shape index (κ1) is 14.1. The maximum Gasteiger partial charge on any atom is 0.115 e. The van der Waals surface area contributed by atoms with Crippen LogP contribution >= 0.6 is 15.9 Å². The van der Waals surface area contributed by atoms with Crippen LogP contribution in [0, 0.1) is 6.92 Å². The van der Waals surface area contributed by atoms with E-state index in [1.54, 1.807) is 12.1 Å². The molecule has 2 rings (SSSR count). The Kier molecular flexibility index (Phi) is 4.61. The molecule has 0 saturated carbocycles. The van der Waals surface area contributed by atoms with Crippen LogP contribution < -0.4 is 5.32 Å². The number of halogens is 1. The van der Waals surface area contributed by atoms with Gasteiger partial charge in [0.1, 0.15) is 5.75 Å². The Bertz CT molecular complexity index is 568. The number of hydrogen-bond acceptors (Lipinski definition) is 2. The fraction of sp³-hybridized carbons (Fsp3) is 0.250. The van der Waals surface area contributed by atoms with Crippen molar-refractivity contribution in [2.45, 2.75) is 26.4 Å². The largest absolute Gasteiger partial charge is 0.508 e. The number of nitrogens with one attached hydrogen (secondary N) is 1. The maximum absolute atomic E-state index is 9.48. The number of aryl methyl sites for hydroxylation is 1. The van der Waals surface area contributed by atoms with Crippen LogP contribution in [0.25, 0.3) is 0 Å². The third-order valence-electron chi connectivity index (χ3n) is 3.22. The molecular formula is C16H18BrNO. The van der Waals surface area contributed by atoms with Gasteiger partial charge in [0.25, 0.3) is 0 Å². The molecule has 0 aliphatic carbocycles. The number of rotatable bonds is 4. The summed E-state index contributed by atoms with van der Waals surface area (Å²) < 4.78 is 1.14. The SMILES string of the molecule is Cc1ccc(CNC(C)c2cccc(O)c2)cc1Br. The predicted octanol–water partition coefficient (Wildman–Crippen LogP) is 4.31. The van der Waals surface area contributed by atoms with E-state index in [1.807, 2.05) is 12.1 Å². The second-order valence-electron chi connectivity index (χ2n) is 4.78. The van der Waals surface area contributed by atoms with Crippen LogP contribution in [0.3, 0.4) is 0 Å². The van der Waals surface area contributed by atoms with Crippen molar-refractivity contribution >= 4 is 15.9 Å². The second-order valence-corrected chi connectivity index (χ2v) is 5.64. The van der Waals surface area contributed by atoms with Crippen molar-refractivity contribution in [3.63, 3.8) is 0 Å². The van der Waals surface area contributed by atoms with Crippen LogP contribution in [0.2, 0.25) is 0 Å². The van der Waals surface area contributed by atoms with Crippen LogP contribution in [-0.4, -0.2) is 5.11 Å². The van der Waals surface area contributed by atoms with Crippen molar-refractivity contribution in [1.82, 2.24) is 5.32 Å². The molecule has 0 amide bonds. The highest BCUT2D eigenvalue weighted by molar-refractivity contribution is 9.10. The van der Waals surface area contributed by atoms with Crippen LogP contribution in [-0.2, 0) is 6.54 Å². The topological polar surface area (TPSA) is 32.3 Å². The van der Waals surface area contributed by atoms with Gasteiger partial charge in [-0.15, -0.1) is 0 Å². The summed E-state index contributed by atoms with van der Waals surface area (Å²) in [7, 11) is 0. The maximum atomic E-state index is 9.48. The van der Waals surface area contributed by atoms with Crippen molar-refractivity contribution in [2.24, 2.45) is 0 Å². The van der Waals surface area contributed by atoms with Crippen LogP contribution in [0.4, 0.5) is 0 Å². The Morgan fingerprint density at radius 1 is 1.21 bits per heavy atom. The molecule has 0 radical (unpaired) electrons. The molecule has 0 spiro atoms. The second kappa shape index (κ2) is 6.22. The number of hydrogen-bond donors (Lipinski definition) is 2. The minimum atomic E-state index is 0.201. The fourth-order valence-corrected chi connectivity index (χ4v) is 2.36. The highest BCUT2D eigenvalue weighted by Gasteiger charge is 2.06. The van der Waals surface area contributed by atoms with Crippen molar-refractivity contribution in [3.8, 4) is 5.75 Å². The summed E-state index contributed by atoms with van der Waals surface area (Å²) in [4.78, 5) is 0. The van der Waals surface area contributed by atoms with Crippen molar-refractivity contribution in [2.75, 3.05) is 0 Å². The Morgan fingerprint density at radius 2 is 2.00 bits per heavy atom. The molecule has 100 valence electrons. The summed E-state index contributed by atoms with van der Waals surface area (Å²) >= 11 is 3.55. The molecule has 0 heterocycles. The summed E-state index contributed by atoms with van der Waals surface area (Å²) in [5.41, 5.74) is 3.57. The molecule has 1 atom stereocenters. The van der Waals surface area contributed by atoms with E-state index in [1.165, 1.54) is 11.1 Å². The van der Waals surface area contributed by atoms with E-state index in [-0.39, 0.29) is 6.04 Å². The van der Waals surface area contributed by atoms with E-state index in [0.29, 0.717) is 5.75 Å². The quantitative estimate of drug-likeness (QED) is 0.879. The third kappa shape index (κ3) is 3.82. The molecule has 19 heavy (non-hydrogen) atoms. The summed E-state index contributed by atoms with van der Waals surface area (Å²) in [5, 5.41) is 12.9. The van der Waals surface area contributed by atoms with Gasteiger partial charge in [-0.25, -0.2) is 0 Å². The summed E-state index contributed by atoms with van der Waals surface area (Å²) in [6, 6.07) is 13.9. The molecule has 2 nitrogen and oxygen atoms in total. The Hall–Kier alpha value is -1.32. The Balaban J connectivity index is 2.00. The van der Waals surface area contributed by atoms with Gasteiger partial charge in [-0.2, -0.15) is 0 Å². The molecule has 0 aliphatic heterocycles. The molecular weight excluding hydrogens is 302 g/mol. The van der Waals surface area contributed by atoms with Crippen LogP contribution in [0.5, 0.6) is 5.75 Å². The molecule has 3 heteroatoms. The molecule has 0 saturated heterocycles. The van der Waals surface area contributed by atoms with Gasteiger partial charge >= 0.3 is 0 Å². The fourth-order valence-electron chi connectivity index (χ4n) is 1.93. The van der Waals surface area contributed by atoms with Gasteiger partial charge in [0.05, 0.1) is 0 Å². The summed E-state index contributed by atoms with van der Waals surface area (Å²) in [5.74, 6) is 0.309. The van der Waals surface area contributed by atoms with Gasteiger partial charge in [-0.05, 0) is 48.7 Å². The molecule has 0 aromatic heterocycles. The van der Waals surface area contributed by atoms with E-state index in [2.05, 4.69) is 53.3 Å². The molecule has 0 aliphatic rings. The first-order valence-corrected chi connectivity index (χ1v) is 7.13. The monoisotopic (exact) mass is 319 g/mol. The lowest BCUT2D eigenvalue weighted by molar-refractivity contribution is 0.472. The van der Waals surface area contributed by atoms with Gasteiger partial charge < -0.3 is 10.4 Å². The Labute approximate surface area is 122 Å². The van der Waals surface area contributed by atoms with Gasteiger partial charge in [-0.1, -0.05) is 40.2 Å². The van der Waals surface area contributed by atoms with E-state index >= 15 is 0 Å². The normalized spacial score (nSPS) is 12.4. The average Bonchev–Trinajstić information content (AvgIpc) is 2.40. The first-order valence-electron chi connectivity index (χ1n) is 6.33. The minimum Gasteiger partial charge on any atom is -0.508 e. The molecule has 2 N–H and O–H groups in total. The lowest BCUT2D eigenvalue weighted by atomic mass is 10.1. The number of benzene rings is 2. The highest BCUT2D eigenvalue weighted by atomic mass is 79.9. The smallest absolute Gasteiger partial charge is 0.115 e. The molecule has 1 unspecified atom stereocenters. The van der Waals surface area contributed by atoms with Crippen LogP contribution in [0.1, 0.15) is 29.7 Å². The van der Waals surface area contributed by atoms with Crippen molar-refractivity contribution in [1.29, 1.82) is 0 Å². The van der Waals surface area contributed by atoms with E-state index in [0.717, 1.165) is 16.6 Å². The molecule has 2 aromatic rings. The zero-order valence-corrected chi connectivity index (χ0v) is 12.7. The molecule has 2 aromatic carbocycles. The minimum absolute atomic E-state index is 0.201. The summed E-state index contributed by atoms with van der Waals surface area (Å²) in [6.07, 6.45) is 0. The molecule has 0 bridgehead atoms. The zero-order chi connectivity index (χ0) is 13.8. The molecule has 0 fully saturated rings. The highest BCUT2D eigenvalue weighted by Crippen LogP contribution is 2.20. The van der Waals surface area contributed by atoms with Crippen molar-refractivity contribution < 1.29 is 5.11 Å². The zero-order valence-electron chi connectivity index (χ0n) is 11.2. The lowest BCUT2D eigenvalue weighted by Crippen LogP contribution is -2.18. The van der Waals surface area contributed by atoms with E-state index in [9.17, 15) is 5.11 Å². The number of aromatic hydroxyl groups is 1. The number of phenols is 1. The summed E-state index contributed by atoms with van der Waals surface area (Å²) in [6.45, 7) is 4.98. The van der Waals surface area contributed by atoms with Gasteiger partial charge in [-0.3, -0.25) is 0 Å². The standard InChI is InChI=1S/C16H18BrNO/c1-11-6-7-13(8-16(11)17)10-18-12(2)14-4-3-5-15(19)9-14/h3-9,12,18-19H,10H2,1-2H3. The van der Waals surface area contributed by atoms with Crippen LogP contribution in [0.15, 0.2) is 46.9 Å². The number of phenolic OH excluding ortho intramolecular Hbond substituents is 1. The van der Waals surface area contributed by atoms with Crippen molar-refractivity contribution in [3.05, 3.63) is 63.6 Å². The van der Waals surface area contributed by atoms with Gasteiger partial charge in [0, 0.05) is 17.1 Å². The van der Waals surface area contributed by atoms with Gasteiger partial charge in [0.2, 0.25) is 0 Å². The van der Waals surface area contributed by atoms with E-state index in [4.69, 9.17) is 0 Å². The Morgan fingerprint density at radius 3 is 2.68 bits per heavy atom. The van der Waals surface area contributed by atoms with Gasteiger partial charge in [0.15, 0.2) is 0 Å².